The van der Waals surface area contributed by atoms with E-state index in [4.69, 9.17) is 21.2 Å². The molecule has 1 spiro atoms. The molecule has 50 heavy (non-hydrogen) atoms. The zero-order valence-electron chi connectivity index (χ0n) is 30.4. The summed E-state index contributed by atoms with van der Waals surface area (Å²) in [6.45, 7) is 9.40. The highest BCUT2D eigenvalue weighted by Gasteiger charge is 2.69. The quantitative estimate of drug-likeness (QED) is 0.177. The first kappa shape index (κ1) is 37.7. The predicted octanol–water partition coefficient (Wildman–Crippen LogP) is 4.02. The van der Waals surface area contributed by atoms with Crippen LogP contribution in [0.1, 0.15) is 103 Å². The molecule has 4 atom stereocenters. The molecule has 0 bridgehead atoms. The molecule has 1 aromatic carbocycles. The maximum Gasteiger partial charge on any atom is 0.246 e. The number of benzene rings is 1. The normalized spacial score (nSPS) is 24.7. The molecule has 0 aromatic heterocycles. The average Bonchev–Trinajstić information content (AvgIpc) is 3.29. The number of nitrogens with zero attached hydrogens (tertiary/aromatic N) is 2. The Morgan fingerprint density at radius 2 is 1.76 bits per heavy atom. The van der Waals surface area contributed by atoms with E-state index in [0.29, 0.717) is 35.7 Å². The number of rotatable bonds is 11. The van der Waals surface area contributed by atoms with Crippen molar-refractivity contribution in [2.75, 3.05) is 20.7 Å². The number of methoxy groups -OCH3 is 1. The molecule has 3 N–H and O–H groups in total. The van der Waals surface area contributed by atoms with Gasteiger partial charge in [-0.2, -0.15) is 0 Å². The molecule has 13 heteroatoms. The fourth-order valence-corrected chi connectivity index (χ4v) is 8.25. The van der Waals surface area contributed by atoms with E-state index in [9.17, 15) is 24.0 Å². The van der Waals surface area contributed by atoms with Crippen LogP contribution in [-0.4, -0.2) is 89.9 Å². The molecule has 1 aromatic rings. The second kappa shape index (κ2) is 14.6. The summed E-state index contributed by atoms with van der Waals surface area (Å²) in [7, 11) is 3.06. The van der Waals surface area contributed by atoms with Crippen LogP contribution >= 0.6 is 11.6 Å². The standard InChI is InChI=1S/C37H52ClN5O7/c1-8-28(37(39-6)31(45)32(37)46)40-33(47)26-19-36(18-25(42-50-36)23-17-24(38)27(49-7)15-21(23)2)20-43(26)34(48)30(35(3,4)5)41-29(44)16-22-13-11-9-10-12-14-22/h15,17,22,26,28,30,39H,8-14,16,18-20H2,1-7H3,(H,40,47)(H,41,44)/t26-,28-,30+,36?/m0/s1. The van der Waals surface area contributed by atoms with Gasteiger partial charge in [-0.05, 0) is 62.3 Å². The first-order valence-electron chi connectivity index (χ1n) is 17.9. The van der Waals surface area contributed by atoms with Gasteiger partial charge in [-0.15, -0.1) is 0 Å². The van der Waals surface area contributed by atoms with Gasteiger partial charge in [-0.25, -0.2) is 0 Å². The Morgan fingerprint density at radius 1 is 1.10 bits per heavy atom. The van der Waals surface area contributed by atoms with Gasteiger partial charge in [0, 0.05) is 24.8 Å². The van der Waals surface area contributed by atoms with Crippen LogP contribution in [0.2, 0.25) is 5.02 Å². The van der Waals surface area contributed by atoms with E-state index in [0.717, 1.165) is 36.8 Å². The first-order valence-corrected chi connectivity index (χ1v) is 18.3. The zero-order chi connectivity index (χ0) is 36.6. The van der Waals surface area contributed by atoms with Crippen LogP contribution in [0.5, 0.6) is 5.75 Å². The number of nitrogens with one attached hydrogen (secondary N) is 3. The van der Waals surface area contributed by atoms with Crippen molar-refractivity contribution in [1.82, 2.24) is 20.9 Å². The third-order valence-electron chi connectivity index (χ3n) is 11.0. The lowest BCUT2D eigenvalue weighted by Gasteiger charge is -2.36. The summed E-state index contributed by atoms with van der Waals surface area (Å²) in [5.74, 6) is -1.46. The van der Waals surface area contributed by atoms with Crippen molar-refractivity contribution in [1.29, 1.82) is 0 Å². The number of carbonyl (C=O) groups is 5. The number of aryl methyl sites for hydroxylation is 1. The molecule has 1 saturated heterocycles. The van der Waals surface area contributed by atoms with Gasteiger partial charge in [0.1, 0.15) is 17.8 Å². The molecule has 2 saturated carbocycles. The molecular weight excluding hydrogens is 662 g/mol. The Bertz CT molecular complexity index is 1550. The molecule has 12 nitrogen and oxygen atoms in total. The van der Waals surface area contributed by atoms with Gasteiger partial charge in [0.2, 0.25) is 29.3 Å². The van der Waals surface area contributed by atoms with E-state index in [1.165, 1.54) is 24.8 Å². The fraction of sp³-hybridized carbons (Fsp3) is 0.676. The predicted molar refractivity (Wildman–Crippen MR) is 189 cm³/mol. The molecule has 3 fully saturated rings. The Kier molecular flexibility index (Phi) is 11.0. The number of hydrogen-bond acceptors (Lipinski definition) is 9. The van der Waals surface area contributed by atoms with Crippen LogP contribution in [0.25, 0.3) is 0 Å². The summed E-state index contributed by atoms with van der Waals surface area (Å²) >= 11 is 6.47. The van der Waals surface area contributed by atoms with Crippen LogP contribution in [0.15, 0.2) is 17.3 Å². The second-order valence-corrected chi connectivity index (χ2v) is 16.0. The zero-order valence-corrected chi connectivity index (χ0v) is 31.1. The van der Waals surface area contributed by atoms with Gasteiger partial charge < -0.3 is 25.1 Å². The van der Waals surface area contributed by atoms with Gasteiger partial charge in [0.25, 0.3) is 0 Å². The second-order valence-electron chi connectivity index (χ2n) is 15.6. The molecule has 2 aliphatic carbocycles. The van der Waals surface area contributed by atoms with Gasteiger partial charge >= 0.3 is 0 Å². The van der Waals surface area contributed by atoms with Crippen molar-refractivity contribution >= 4 is 46.6 Å². The highest BCUT2D eigenvalue weighted by Crippen LogP contribution is 2.42. The van der Waals surface area contributed by atoms with E-state index >= 15 is 0 Å². The summed E-state index contributed by atoms with van der Waals surface area (Å²) < 4.78 is 5.37. The lowest BCUT2D eigenvalue weighted by atomic mass is 9.85. The van der Waals surface area contributed by atoms with E-state index in [1.807, 2.05) is 33.8 Å². The van der Waals surface area contributed by atoms with Crippen molar-refractivity contribution in [2.45, 2.75) is 128 Å². The smallest absolute Gasteiger partial charge is 0.246 e. The fourth-order valence-electron chi connectivity index (χ4n) is 8.01. The van der Waals surface area contributed by atoms with Crippen molar-refractivity contribution in [3.05, 3.63) is 28.3 Å². The average molecular weight is 714 g/mol. The number of carbonyl (C=O) groups excluding carboxylic acids is 5. The topological polar surface area (TPSA) is 156 Å². The van der Waals surface area contributed by atoms with Crippen molar-refractivity contribution < 1.29 is 33.5 Å². The molecule has 5 rings (SSSR count). The lowest BCUT2D eigenvalue weighted by Crippen LogP contribution is -2.60. The molecule has 274 valence electrons. The number of halogens is 1. The number of ketones is 2. The Morgan fingerprint density at radius 3 is 2.32 bits per heavy atom. The minimum Gasteiger partial charge on any atom is -0.495 e. The van der Waals surface area contributed by atoms with Crippen LogP contribution in [0, 0.1) is 18.3 Å². The monoisotopic (exact) mass is 713 g/mol. The highest BCUT2D eigenvalue weighted by molar-refractivity contribution is 6.67. The largest absolute Gasteiger partial charge is 0.495 e. The van der Waals surface area contributed by atoms with Gasteiger partial charge in [0.15, 0.2) is 11.1 Å². The SMILES string of the molecule is CC[C@H](NC(=O)[C@@H]1CC2(CC(c3cc(Cl)c(OC)cc3C)=NO2)CN1C(=O)[C@@H](NC(=O)CC1CCCCCC1)C(C)(C)C)C1(NC)C(=O)C1=O. The van der Waals surface area contributed by atoms with Gasteiger partial charge in [0.05, 0.1) is 30.4 Å². The van der Waals surface area contributed by atoms with Crippen molar-refractivity contribution in [2.24, 2.45) is 16.5 Å². The van der Waals surface area contributed by atoms with Crippen LogP contribution in [0.3, 0.4) is 0 Å². The number of oxime groups is 1. The van der Waals surface area contributed by atoms with Crippen molar-refractivity contribution in [3.63, 3.8) is 0 Å². The molecule has 2 heterocycles. The van der Waals surface area contributed by atoms with E-state index in [1.54, 1.807) is 20.1 Å². The Balaban J connectivity index is 1.42. The number of amides is 3. The van der Waals surface area contributed by atoms with Crippen LogP contribution in [0.4, 0.5) is 0 Å². The van der Waals surface area contributed by atoms with Gasteiger partial charge in [-0.1, -0.05) is 70.1 Å². The minimum absolute atomic E-state index is 0.0384. The van der Waals surface area contributed by atoms with Crippen LogP contribution < -0.4 is 20.7 Å². The third kappa shape index (κ3) is 7.28. The highest BCUT2D eigenvalue weighted by atomic mass is 35.5. The molecule has 3 amide bonds. The summed E-state index contributed by atoms with van der Waals surface area (Å²) in [5.41, 5.74) is -0.940. The maximum atomic E-state index is 14.7. The summed E-state index contributed by atoms with van der Waals surface area (Å²) in [4.78, 5) is 74.9. The summed E-state index contributed by atoms with van der Waals surface area (Å²) in [5, 5.41) is 13.6. The number of ether oxygens (including phenoxy) is 1. The minimum atomic E-state index is -1.49. The molecule has 2 aliphatic heterocycles. The van der Waals surface area contributed by atoms with Gasteiger partial charge in [-0.3, -0.25) is 29.3 Å². The number of hydrogen-bond donors (Lipinski definition) is 3. The first-order chi connectivity index (χ1) is 23.6. The maximum absolute atomic E-state index is 14.7. The number of likely N-dealkylation sites (N-methyl/N-ethyl adjacent to an activating group) is 1. The van der Waals surface area contributed by atoms with E-state index in [2.05, 4.69) is 21.1 Å². The van der Waals surface area contributed by atoms with E-state index in [-0.39, 0.29) is 24.8 Å². The number of likely N-dealkylation sites (tertiary alicyclic amines) is 1. The van der Waals surface area contributed by atoms with Crippen LogP contribution in [-0.2, 0) is 28.8 Å². The van der Waals surface area contributed by atoms with Crippen molar-refractivity contribution in [3.8, 4) is 5.75 Å². The molecule has 4 aliphatic rings. The summed E-state index contributed by atoms with van der Waals surface area (Å²) in [6, 6.07) is 0.832. The number of Topliss-reactive ketones (excluding diaryl/α,β-unsaturated/α-hetero) is 2. The summed E-state index contributed by atoms with van der Waals surface area (Å²) in [6.07, 6.45) is 7.61. The molecular formula is C37H52ClN5O7. The Hall–Kier alpha value is -3.51. The Labute approximate surface area is 299 Å². The third-order valence-corrected chi connectivity index (χ3v) is 11.3. The molecule has 0 radical (unpaired) electrons. The lowest BCUT2D eigenvalue weighted by molar-refractivity contribution is -0.144. The molecule has 1 unspecified atom stereocenters. The van der Waals surface area contributed by atoms with E-state index < -0.39 is 58.1 Å².